The molecule has 0 unspecified atom stereocenters. The SMILES string of the molecule is COc1cc(C(=O)N2CCN(C(=O)C3(N)CCOCC3)CC2)ccc1C.Cl. The highest BCUT2D eigenvalue weighted by molar-refractivity contribution is 5.95. The van der Waals surface area contributed by atoms with Gasteiger partial charge in [-0.1, -0.05) is 6.07 Å². The fourth-order valence-electron chi connectivity index (χ4n) is 3.51. The summed E-state index contributed by atoms with van der Waals surface area (Å²) in [5.41, 5.74) is 7.07. The van der Waals surface area contributed by atoms with Gasteiger partial charge in [-0.05, 0) is 37.5 Å². The normalized spacial score (nSPS) is 19.2. The number of carbonyl (C=O) groups excluding carboxylic acids is 2. The Morgan fingerprint density at radius 1 is 1.11 bits per heavy atom. The number of aryl methyl sites for hydroxylation is 1. The van der Waals surface area contributed by atoms with E-state index in [0.29, 0.717) is 63.5 Å². The molecule has 150 valence electrons. The maximum absolute atomic E-state index is 12.8. The Hall–Kier alpha value is -1.83. The van der Waals surface area contributed by atoms with Crippen LogP contribution in [0, 0.1) is 6.92 Å². The van der Waals surface area contributed by atoms with E-state index in [1.165, 1.54) is 0 Å². The Balaban J connectivity index is 0.00000261. The lowest BCUT2D eigenvalue weighted by Crippen LogP contribution is -2.61. The van der Waals surface area contributed by atoms with Gasteiger partial charge < -0.3 is 25.0 Å². The number of piperazine rings is 1. The van der Waals surface area contributed by atoms with Crippen molar-refractivity contribution in [2.45, 2.75) is 25.3 Å². The number of carbonyl (C=O) groups is 2. The van der Waals surface area contributed by atoms with Crippen LogP contribution in [0.5, 0.6) is 5.75 Å². The molecule has 3 rings (SSSR count). The van der Waals surface area contributed by atoms with Crippen molar-refractivity contribution in [2.75, 3.05) is 46.5 Å². The first-order valence-corrected chi connectivity index (χ1v) is 9.04. The highest BCUT2D eigenvalue weighted by Gasteiger charge is 2.40. The van der Waals surface area contributed by atoms with Gasteiger partial charge in [-0.3, -0.25) is 9.59 Å². The molecule has 7 nitrogen and oxygen atoms in total. The molecule has 0 spiro atoms. The van der Waals surface area contributed by atoms with Gasteiger partial charge in [-0.25, -0.2) is 0 Å². The molecule has 0 saturated carbocycles. The van der Waals surface area contributed by atoms with Gasteiger partial charge in [0, 0.05) is 45.0 Å². The van der Waals surface area contributed by atoms with Gasteiger partial charge in [0.15, 0.2) is 0 Å². The van der Waals surface area contributed by atoms with Gasteiger partial charge in [-0.15, -0.1) is 12.4 Å². The molecule has 2 fully saturated rings. The molecule has 8 heteroatoms. The average molecular weight is 398 g/mol. The third-order valence-corrected chi connectivity index (χ3v) is 5.32. The predicted octanol–water partition coefficient (Wildman–Crippen LogP) is 1.22. The first-order chi connectivity index (χ1) is 12.4. The van der Waals surface area contributed by atoms with Gasteiger partial charge in [0.2, 0.25) is 5.91 Å². The van der Waals surface area contributed by atoms with Crippen molar-refractivity contribution >= 4 is 24.2 Å². The number of hydrogen-bond donors (Lipinski definition) is 1. The highest BCUT2D eigenvalue weighted by Crippen LogP contribution is 2.23. The lowest BCUT2D eigenvalue weighted by Gasteiger charge is -2.41. The quantitative estimate of drug-likeness (QED) is 0.828. The number of hydrogen-bond acceptors (Lipinski definition) is 5. The van der Waals surface area contributed by atoms with Crippen LogP contribution >= 0.6 is 12.4 Å². The van der Waals surface area contributed by atoms with Crippen molar-refractivity contribution in [3.63, 3.8) is 0 Å². The lowest BCUT2D eigenvalue weighted by molar-refractivity contribution is -0.142. The van der Waals surface area contributed by atoms with Crippen LogP contribution in [0.2, 0.25) is 0 Å². The number of benzene rings is 1. The maximum Gasteiger partial charge on any atom is 0.254 e. The molecule has 2 saturated heterocycles. The lowest BCUT2D eigenvalue weighted by atomic mass is 9.89. The van der Waals surface area contributed by atoms with Gasteiger partial charge >= 0.3 is 0 Å². The Labute approximate surface area is 166 Å². The summed E-state index contributed by atoms with van der Waals surface area (Å²) in [6.45, 7) is 5.02. The van der Waals surface area contributed by atoms with Crippen molar-refractivity contribution < 1.29 is 19.1 Å². The topological polar surface area (TPSA) is 85.1 Å². The molecule has 0 bridgehead atoms. The summed E-state index contributed by atoms with van der Waals surface area (Å²) < 4.78 is 10.6. The first kappa shape index (κ1) is 21.5. The van der Waals surface area contributed by atoms with Crippen molar-refractivity contribution in [3.05, 3.63) is 29.3 Å². The van der Waals surface area contributed by atoms with E-state index in [1.54, 1.807) is 23.0 Å². The number of nitrogens with two attached hydrogens (primary N) is 1. The molecule has 0 aliphatic carbocycles. The number of nitrogens with zero attached hydrogens (tertiary/aromatic N) is 2. The minimum atomic E-state index is -0.825. The standard InChI is InChI=1S/C19H27N3O4.ClH/c1-14-3-4-15(13-16(14)25-2)17(23)21-7-9-22(10-8-21)18(24)19(20)5-11-26-12-6-19;/h3-4,13H,5-12,20H2,1-2H3;1H. The van der Waals surface area contributed by atoms with Gasteiger partial charge in [0.1, 0.15) is 5.75 Å². The Kier molecular flexibility index (Phi) is 7.08. The van der Waals surface area contributed by atoms with Crippen molar-refractivity contribution in [1.82, 2.24) is 9.80 Å². The molecule has 2 amide bonds. The Morgan fingerprint density at radius 2 is 1.70 bits per heavy atom. The zero-order valence-corrected chi connectivity index (χ0v) is 16.7. The number of halogens is 1. The van der Waals surface area contributed by atoms with Crippen LogP contribution in [0.3, 0.4) is 0 Å². The van der Waals surface area contributed by atoms with Crippen LogP contribution in [-0.4, -0.2) is 73.7 Å². The first-order valence-electron chi connectivity index (χ1n) is 9.04. The summed E-state index contributed by atoms with van der Waals surface area (Å²) in [7, 11) is 1.60. The number of ether oxygens (including phenoxy) is 2. The molecule has 27 heavy (non-hydrogen) atoms. The summed E-state index contributed by atoms with van der Waals surface area (Å²) >= 11 is 0. The van der Waals surface area contributed by atoms with E-state index in [2.05, 4.69) is 0 Å². The second-order valence-corrected chi connectivity index (χ2v) is 7.04. The fraction of sp³-hybridized carbons (Fsp3) is 0.579. The second-order valence-electron chi connectivity index (χ2n) is 7.04. The molecule has 0 atom stereocenters. The van der Waals surface area contributed by atoms with Gasteiger partial charge in [0.05, 0.1) is 12.6 Å². The summed E-state index contributed by atoms with van der Waals surface area (Å²) in [5, 5.41) is 0. The molecular weight excluding hydrogens is 370 g/mol. The smallest absolute Gasteiger partial charge is 0.254 e. The predicted molar refractivity (Wildman–Crippen MR) is 104 cm³/mol. The van der Waals surface area contributed by atoms with E-state index >= 15 is 0 Å². The second kappa shape index (κ2) is 8.91. The van der Waals surface area contributed by atoms with E-state index in [-0.39, 0.29) is 24.2 Å². The monoisotopic (exact) mass is 397 g/mol. The largest absolute Gasteiger partial charge is 0.496 e. The van der Waals surface area contributed by atoms with Crippen LogP contribution < -0.4 is 10.5 Å². The molecule has 2 aliphatic rings. The highest BCUT2D eigenvalue weighted by atomic mass is 35.5. The Morgan fingerprint density at radius 3 is 2.30 bits per heavy atom. The molecular formula is C19H28ClN3O4. The van der Waals surface area contributed by atoms with E-state index in [1.807, 2.05) is 19.1 Å². The maximum atomic E-state index is 12.8. The van der Waals surface area contributed by atoms with Crippen molar-refractivity contribution in [3.8, 4) is 5.75 Å². The number of amides is 2. The molecule has 1 aromatic carbocycles. The van der Waals surface area contributed by atoms with Crippen molar-refractivity contribution in [2.24, 2.45) is 5.73 Å². The zero-order chi connectivity index (χ0) is 18.7. The molecule has 1 aromatic rings. The van der Waals surface area contributed by atoms with Crippen LogP contribution in [0.4, 0.5) is 0 Å². The van der Waals surface area contributed by atoms with Crippen LogP contribution in [0.25, 0.3) is 0 Å². The van der Waals surface area contributed by atoms with Gasteiger partial charge in [-0.2, -0.15) is 0 Å². The molecule has 0 aromatic heterocycles. The third kappa shape index (κ3) is 4.54. The van der Waals surface area contributed by atoms with Crippen LogP contribution in [-0.2, 0) is 9.53 Å². The van der Waals surface area contributed by atoms with Gasteiger partial charge in [0.25, 0.3) is 5.91 Å². The molecule has 2 aliphatic heterocycles. The van der Waals surface area contributed by atoms with E-state index < -0.39 is 5.54 Å². The van der Waals surface area contributed by atoms with Crippen LogP contribution in [0.15, 0.2) is 18.2 Å². The minimum absolute atomic E-state index is 0. The van der Waals surface area contributed by atoms with E-state index in [9.17, 15) is 9.59 Å². The summed E-state index contributed by atoms with van der Waals surface area (Å²) in [6.07, 6.45) is 1.10. The van der Waals surface area contributed by atoms with Crippen LogP contribution in [0.1, 0.15) is 28.8 Å². The molecule has 2 heterocycles. The summed E-state index contributed by atoms with van der Waals surface area (Å²) in [5.74, 6) is 0.642. The molecule has 2 N–H and O–H groups in total. The summed E-state index contributed by atoms with van der Waals surface area (Å²) in [6, 6.07) is 5.47. The average Bonchev–Trinajstić information content (AvgIpc) is 2.68. The number of rotatable bonds is 3. The fourth-order valence-corrected chi connectivity index (χ4v) is 3.51. The summed E-state index contributed by atoms with van der Waals surface area (Å²) in [4.78, 5) is 29.1. The minimum Gasteiger partial charge on any atom is -0.496 e. The Bertz CT molecular complexity index is 684. The van der Waals surface area contributed by atoms with E-state index in [0.717, 1.165) is 5.56 Å². The third-order valence-electron chi connectivity index (χ3n) is 5.32. The van der Waals surface area contributed by atoms with Crippen molar-refractivity contribution in [1.29, 1.82) is 0 Å². The van der Waals surface area contributed by atoms with E-state index in [4.69, 9.17) is 15.2 Å². The molecule has 0 radical (unpaired) electrons. The number of methoxy groups -OCH3 is 1. The zero-order valence-electron chi connectivity index (χ0n) is 15.9.